The van der Waals surface area contributed by atoms with Gasteiger partial charge in [0.1, 0.15) is 6.10 Å². The van der Waals surface area contributed by atoms with Crippen LogP contribution in [-0.4, -0.2) is 58.7 Å². The zero-order chi connectivity index (χ0) is 24.2. The Hall–Kier alpha value is -1.98. The van der Waals surface area contributed by atoms with Gasteiger partial charge in [-0.05, 0) is 97.4 Å². The molecule has 2 aliphatic heterocycles. The van der Waals surface area contributed by atoms with Crippen molar-refractivity contribution in [3.63, 3.8) is 0 Å². The summed E-state index contributed by atoms with van der Waals surface area (Å²) in [7, 11) is 3.99. The molecule has 3 fully saturated rings. The molecule has 0 amide bonds. The first kappa shape index (κ1) is 22.2. The van der Waals surface area contributed by atoms with Gasteiger partial charge in [0.15, 0.2) is 0 Å². The van der Waals surface area contributed by atoms with E-state index in [-0.39, 0.29) is 17.1 Å². The second-order valence-corrected chi connectivity index (χ2v) is 12.4. The summed E-state index contributed by atoms with van der Waals surface area (Å²) in [6.07, 6.45) is 9.08. The molecule has 2 spiro atoms. The Morgan fingerprint density at radius 3 is 2.60 bits per heavy atom. The van der Waals surface area contributed by atoms with Crippen molar-refractivity contribution in [3.05, 3.63) is 71.3 Å². The third kappa shape index (κ3) is 2.83. The molecule has 0 radical (unpaired) electrons. The molecular formula is C31H37NO3. The maximum Gasteiger partial charge on any atom is 0.105 e. The van der Waals surface area contributed by atoms with Crippen LogP contribution in [0.15, 0.2) is 65.8 Å². The monoisotopic (exact) mass is 471 g/mol. The number of nitrogens with zero attached hydrogens (tertiary/aromatic N) is 1. The summed E-state index contributed by atoms with van der Waals surface area (Å²) >= 11 is 0. The lowest BCUT2D eigenvalue weighted by molar-refractivity contribution is -0.165. The standard InChI is InChI=1S/C31H37NO3/c1-29-13-12-22-17-24-27(33)28(34)25(32(2)3)18-30(24)14-15-31(22,35-30)26(29)11-10-23(29)21-9-8-19-6-4-5-7-20(19)16-21/h4-9,12,16-17,23,25-28,33-34H,10-11,13-15,18H2,1-3H3/t23-,25+,26-,27-,28-,29+,30-,31-/m1/s1. The van der Waals surface area contributed by atoms with Crippen molar-refractivity contribution in [2.24, 2.45) is 11.3 Å². The first-order chi connectivity index (χ1) is 16.8. The molecule has 7 rings (SSSR count). The number of hydrogen-bond acceptors (Lipinski definition) is 4. The maximum atomic E-state index is 11.2. The molecule has 8 atom stereocenters. The van der Waals surface area contributed by atoms with E-state index in [9.17, 15) is 10.2 Å². The van der Waals surface area contributed by atoms with E-state index < -0.39 is 17.8 Å². The summed E-state index contributed by atoms with van der Waals surface area (Å²) in [5.41, 5.74) is 3.07. The smallest absolute Gasteiger partial charge is 0.105 e. The number of aliphatic hydroxyl groups excluding tert-OH is 2. The van der Waals surface area contributed by atoms with Crippen molar-refractivity contribution < 1.29 is 14.9 Å². The Bertz CT molecular complexity index is 1260. The van der Waals surface area contributed by atoms with Crippen LogP contribution in [0, 0.1) is 11.3 Å². The molecular weight excluding hydrogens is 434 g/mol. The average Bonchev–Trinajstić information content (AvgIpc) is 3.37. The molecule has 2 aromatic rings. The molecule has 2 N–H and O–H groups in total. The van der Waals surface area contributed by atoms with Crippen LogP contribution >= 0.6 is 0 Å². The molecule has 4 heteroatoms. The van der Waals surface area contributed by atoms with Crippen LogP contribution in [0.5, 0.6) is 0 Å². The molecule has 1 saturated heterocycles. The largest absolute Gasteiger partial charge is 0.388 e. The molecule has 0 aromatic heterocycles. The van der Waals surface area contributed by atoms with E-state index in [2.05, 4.69) is 66.4 Å². The third-order valence-corrected chi connectivity index (χ3v) is 10.7. The lowest BCUT2D eigenvalue weighted by Crippen LogP contribution is -2.61. The fourth-order valence-electron chi connectivity index (χ4n) is 8.89. The van der Waals surface area contributed by atoms with E-state index in [1.165, 1.54) is 34.8 Å². The highest BCUT2D eigenvalue weighted by atomic mass is 16.5. The lowest BCUT2D eigenvalue weighted by atomic mass is 9.58. The van der Waals surface area contributed by atoms with Gasteiger partial charge in [-0.2, -0.15) is 0 Å². The van der Waals surface area contributed by atoms with Crippen LogP contribution in [0.4, 0.5) is 0 Å². The van der Waals surface area contributed by atoms with E-state index in [1.54, 1.807) is 0 Å². The molecule has 2 saturated carbocycles. The minimum absolute atomic E-state index is 0.105. The molecule has 2 bridgehead atoms. The van der Waals surface area contributed by atoms with E-state index in [1.807, 2.05) is 14.1 Å². The Labute approximate surface area is 208 Å². The highest BCUT2D eigenvalue weighted by Gasteiger charge is 2.68. The number of allylic oxidation sites excluding steroid dienone is 1. The van der Waals surface area contributed by atoms with Crippen LogP contribution in [0.2, 0.25) is 0 Å². The highest BCUT2D eigenvalue weighted by Crippen LogP contribution is 2.69. The van der Waals surface area contributed by atoms with Crippen molar-refractivity contribution in [2.75, 3.05) is 14.1 Å². The molecule has 4 nitrogen and oxygen atoms in total. The van der Waals surface area contributed by atoms with Crippen molar-refractivity contribution >= 4 is 10.8 Å². The van der Waals surface area contributed by atoms with Crippen LogP contribution < -0.4 is 0 Å². The maximum absolute atomic E-state index is 11.2. The zero-order valence-corrected chi connectivity index (χ0v) is 21.1. The number of likely N-dealkylation sites (N-methyl/N-ethyl adjacent to an activating group) is 1. The van der Waals surface area contributed by atoms with E-state index in [4.69, 9.17) is 4.74 Å². The molecule has 184 valence electrons. The van der Waals surface area contributed by atoms with Gasteiger partial charge in [0.05, 0.1) is 17.3 Å². The summed E-state index contributed by atoms with van der Waals surface area (Å²) in [5.74, 6) is 0.980. The fourth-order valence-corrected chi connectivity index (χ4v) is 8.89. The van der Waals surface area contributed by atoms with Gasteiger partial charge in [-0.25, -0.2) is 0 Å². The van der Waals surface area contributed by atoms with E-state index in [0.29, 0.717) is 11.8 Å². The molecule has 5 aliphatic rings. The van der Waals surface area contributed by atoms with Gasteiger partial charge in [0.2, 0.25) is 0 Å². The minimum atomic E-state index is -0.865. The number of ether oxygens (including phenoxy) is 1. The van der Waals surface area contributed by atoms with E-state index in [0.717, 1.165) is 31.3 Å². The lowest BCUT2D eigenvalue weighted by Gasteiger charge is -2.56. The zero-order valence-electron chi connectivity index (χ0n) is 21.1. The molecule has 3 aliphatic carbocycles. The Kier molecular flexibility index (Phi) is 4.63. The predicted octanol–water partition coefficient (Wildman–Crippen LogP) is 4.95. The summed E-state index contributed by atoms with van der Waals surface area (Å²) in [4.78, 5) is 2.05. The van der Waals surface area contributed by atoms with E-state index >= 15 is 0 Å². The van der Waals surface area contributed by atoms with Crippen LogP contribution in [0.1, 0.15) is 56.9 Å². The third-order valence-electron chi connectivity index (χ3n) is 10.7. The normalized spacial score (nSPS) is 44.0. The first-order valence-corrected chi connectivity index (χ1v) is 13.4. The van der Waals surface area contributed by atoms with Crippen LogP contribution in [-0.2, 0) is 4.74 Å². The average molecular weight is 472 g/mol. The number of aliphatic hydroxyl groups is 2. The minimum Gasteiger partial charge on any atom is -0.388 e. The Morgan fingerprint density at radius 2 is 1.80 bits per heavy atom. The summed E-state index contributed by atoms with van der Waals surface area (Å²) in [6, 6.07) is 15.6. The summed E-state index contributed by atoms with van der Waals surface area (Å²) < 4.78 is 7.28. The van der Waals surface area contributed by atoms with Crippen LogP contribution in [0.25, 0.3) is 10.8 Å². The summed E-state index contributed by atoms with van der Waals surface area (Å²) in [5, 5.41) is 24.7. The topological polar surface area (TPSA) is 52.9 Å². The van der Waals surface area contributed by atoms with Gasteiger partial charge in [-0.3, -0.25) is 0 Å². The quantitative estimate of drug-likeness (QED) is 0.651. The van der Waals surface area contributed by atoms with Gasteiger partial charge in [0, 0.05) is 6.04 Å². The molecule has 35 heavy (non-hydrogen) atoms. The second-order valence-electron chi connectivity index (χ2n) is 12.4. The van der Waals surface area contributed by atoms with Crippen molar-refractivity contribution in [1.29, 1.82) is 0 Å². The number of benzene rings is 2. The fraction of sp³-hybridized carbons (Fsp3) is 0.548. The predicted molar refractivity (Wildman–Crippen MR) is 138 cm³/mol. The Morgan fingerprint density at radius 1 is 1.00 bits per heavy atom. The SMILES string of the molecule is CN(C)[C@H]1C[C@@]23CC[C@@]4(O2)C(=CC[C@@]2(C)[C@@H](c5ccc6ccccc6c5)CC[C@H]24)C=C3[C@@H](O)[C@@H]1O. The van der Waals surface area contributed by atoms with Crippen molar-refractivity contribution in [1.82, 2.24) is 4.90 Å². The molecule has 0 unspecified atom stereocenters. The molecule has 2 heterocycles. The number of rotatable bonds is 2. The van der Waals surface area contributed by atoms with Gasteiger partial charge < -0.3 is 19.8 Å². The first-order valence-electron chi connectivity index (χ1n) is 13.4. The number of fused-ring (bicyclic) bond motifs is 2. The Balaban J connectivity index is 1.29. The second kappa shape index (κ2) is 7.29. The van der Waals surface area contributed by atoms with Gasteiger partial charge in [-0.1, -0.05) is 61.5 Å². The van der Waals surface area contributed by atoms with Gasteiger partial charge in [0.25, 0.3) is 0 Å². The van der Waals surface area contributed by atoms with Crippen molar-refractivity contribution in [3.8, 4) is 0 Å². The molecule has 2 aromatic carbocycles. The summed E-state index contributed by atoms with van der Waals surface area (Å²) in [6.45, 7) is 2.50. The van der Waals surface area contributed by atoms with Crippen molar-refractivity contribution in [2.45, 2.75) is 80.8 Å². The van der Waals surface area contributed by atoms with Gasteiger partial charge in [-0.15, -0.1) is 0 Å². The highest BCUT2D eigenvalue weighted by molar-refractivity contribution is 5.83. The number of hydrogen-bond donors (Lipinski definition) is 2. The van der Waals surface area contributed by atoms with Crippen LogP contribution in [0.3, 0.4) is 0 Å². The van der Waals surface area contributed by atoms with Gasteiger partial charge >= 0.3 is 0 Å².